The SMILES string of the molecule is Cc1ccc(C)c(NC2CCCCC2CN)c1. The Labute approximate surface area is 105 Å². The van der Waals surface area contributed by atoms with Crippen molar-refractivity contribution in [2.75, 3.05) is 11.9 Å². The maximum Gasteiger partial charge on any atom is 0.0374 e. The number of rotatable bonds is 3. The van der Waals surface area contributed by atoms with Crippen molar-refractivity contribution in [3.63, 3.8) is 0 Å². The lowest BCUT2D eigenvalue weighted by Gasteiger charge is -2.32. The molecule has 1 aromatic rings. The number of nitrogens with one attached hydrogen (secondary N) is 1. The molecule has 0 amide bonds. The number of benzene rings is 1. The molecule has 2 heteroatoms. The standard InChI is InChI=1S/C15H24N2/c1-11-7-8-12(2)15(9-11)17-14-6-4-3-5-13(14)10-16/h7-9,13-14,17H,3-6,10,16H2,1-2H3. The quantitative estimate of drug-likeness (QED) is 0.839. The third-order valence-electron chi connectivity index (χ3n) is 3.95. The highest BCUT2D eigenvalue weighted by Gasteiger charge is 2.23. The van der Waals surface area contributed by atoms with E-state index in [1.165, 1.54) is 42.5 Å². The third kappa shape index (κ3) is 3.01. The first-order chi connectivity index (χ1) is 8.20. The zero-order chi connectivity index (χ0) is 12.3. The number of nitrogens with two attached hydrogens (primary N) is 1. The number of aryl methyl sites for hydroxylation is 2. The van der Waals surface area contributed by atoms with Crippen molar-refractivity contribution in [1.82, 2.24) is 0 Å². The molecule has 2 atom stereocenters. The van der Waals surface area contributed by atoms with E-state index in [0.29, 0.717) is 12.0 Å². The lowest BCUT2D eigenvalue weighted by atomic mass is 9.84. The molecule has 0 radical (unpaired) electrons. The molecule has 1 aliphatic carbocycles. The molecule has 2 nitrogen and oxygen atoms in total. The molecule has 2 rings (SSSR count). The van der Waals surface area contributed by atoms with Crippen molar-refractivity contribution in [2.24, 2.45) is 11.7 Å². The first kappa shape index (κ1) is 12.4. The highest BCUT2D eigenvalue weighted by atomic mass is 14.9. The van der Waals surface area contributed by atoms with Crippen LogP contribution in [-0.4, -0.2) is 12.6 Å². The molecular weight excluding hydrogens is 208 g/mol. The van der Waals surface area contributed by atoms with Crippen LogP contribution in [0, 0.1) is 19.8 Å². The van der Waals surface area contributed by atoms with E-state index in [1.54, 1.807) is 0 Å². The lowest BCUT2D eigenvalue weighted by Crippen LogP contribution is -2.36. The maximum absolute atomic E-state index is 5.88. The topological polar surface area (TPSA) is 38.0 Å². The van der Waals surface area contributed by atoms with E-state index in [1.807, 2.05) is 0 Å². The second kappa shape index (κ2) is 5.54. The largest absolute Gasteiger partial charge is 0.382 e. The summed E-state index contributed by atoms with van der Waals surface area (Å²) >= 11 is 0. The first-order valence-corrected chi connectivity index (χ1v) is 6.74. The van der Waals surface area contributed by atoms with Gasteiger partial charge in [0.2, 0.25) is 0 Å². The fourth-order valence-electron chi connectivity index (χ4n) is 2.77. The molecule has 17 heavy (non-hydrogen) atoms. The van der Waals surface area contributed by atoms with Crippen molar-refractivity contribution >= 4 is 5.69 Å². The van der Waals surface area contributed by atoms with Gasteiger partial charge in [0.1, 0.15) is 0 Å². The first-order valence-electron chi connectivity index (χ1n) is 6.74. The average molecular weight is 232 g/mol. The Morgan fingerprint density at radius 3 is 2.76 bits per heavy atom. The summed E-state index contributed by atoms with van der Waals surface area (Å²) < 4.78 is 0. The molecule has 1 fully saturated rings. The molecule has 1 aromatic carbocycles. The highest BCUT2D eigenvalue weighted by Crippen LogP contribution is 2.28. The summed E-state index contributed by atoms with van der Waals surface area (Å²) in [5, 5.41) is 3.71. The van der Waals surface area contributed by atoms with E-state index in [-0.39, 0.29) is 0 Å². The van der Waals surface area contributed by atoms with Gasteiger partial charge in [0, 0.05) is 11.7 Å². The molecule has 0 bridgehead atoms. The van der Waals surface area contributed by atoms with Crippen LogP contribution in [0.4, 0.5) is 5.69 Å². The van der Waals surface area contributed by atoms with Crippen molar-refractivity contribution < 1.29 is 0 Å². The molecule has 0 aliphatic heterocycles. The fraction of sp³-hybridized carbons (Fsp3) is 0.600. The predicted molar refractivity (Wildman–Crippen MR) is 74.3 cm³/mol. The van der Waals surface area contributed by atoms with E-state index in [2.05, 4.69) is 37.4 Å². The van der Waals surface area contributed by atoms with Gasteiger partial charge in [-0.05, 0) is 56.3 Å². The summed E-state index contributed by atoms with van der Waals surface area (Å²) in [7, 11) is 0. The van der Waals surface area contributed by atoms with Gasteiger partial charge in [0.15, 0.2) is 0 Å². The van der Waals surface area contributed by atoms with Gasteiger partial charge in [-0.1, -0.05) is 25.0 Å². The smallest absolute Gasteiger partial charge is 0.0374 e. The minimum absolute atomic E-state index is 0.564. The predicted octanol–water partition coefficient (Wildman–Crippen LogP) is 3.23. The van der Waals surface area contributed by atoms with Crippen LogP contribution in [-0.2, 0) is 0 Å². The summed E-state index contributed by atoms with van der Waals surface area (Å²) in [5.41, 5.74) is 9.81. The molecule has 0 saturated heterocycles. The molecule has 1 aliphatic rings. The van der Waals surface area contributed by atoms with Gasteiger partial charge in [-0.2, -0.15) is 0 Å². The Kier molecular flexibility index (Phi) is 4.06. The summed E-state index contributed by atoms with van der Waals surface area (Å²) in [5.74, 6) is 0.642. The van der Waals surface area contributed by atoms with Gasteiger partial charge < -0.3 is 11.1 Å². The van der Waals surface area contributed by atoms with Gasteiger partial charge in [0.25, 0.3) is 0 Å². The molecule has 0 aromatic heterocycles. The zero-order valence-corrected chi connectivity index (χ0v) is 11.0. The van der Waals surface area contributed by atoms with Crippen LogP contribution in [0.5, 0.6) is 0 Å². The minimum atomic E-state index is 0.564. The van der Waals surface area contributed by atoms with E-state index in [4.69, 9.17) is 5.73 Å². The molecule has 3 N–H and O–H groups in total. The van der Waals surface area contributed by atoms with Crippen LogP contribution in [0.3, 0.4) is 0 Å². The van der Waals surface area contributed by atoms with Crippen LogP contribution in [0.1, 0.15) is 36.8 Å². The van der Waals surface area contributed by atoms with Gasteiger partial charge in [-0.3, -0.25) is 0 Å². The molecule has 1 saturated carbocycles. The van der Waals surface area contributed by atoms with Crippen LogP contribution in [0.15, 0.2) is 18.2 Å². The Morgan fingerprint density at radius 1 is 1.24 bits per heavy atom. The zero-order valence-electron chi connectivity index (χ0n) is 11.0. The number of hydrogen-bond acceptors (Lipinski definition) is 2. The third-order valence-corrected chi connectivity index (χ3v) is 3.95. The van der Waals surface area contributed by atoms with Crippen LogP contribution >= 0.6 is 0 Å². The van der Waals surface area contributed by atoms with Gasteiger partial charge in [-0.15, -0.1) is 0 Å². The number of hydrogen-bond donors (Lipinski definition) is 2. The Balaban J connectivity index is 2.10. The molecular formula is C15H24N2. The van der Waals surface area contributed by atoms with E-state index < -0.39 is 0 Å². The fourth-order valence-corrected chi connectivity index (χ4v) is 2.77. The van der Waals surface area contributed by atoms with Crippen molar-refractivity contribution in [1.29, 1.82) is 0 Å². The average Bonchev–Trinajstić information content (AvgIpc) is 2.34. The van der Waals surface area contributed by atoms with E-state index in [0.717, 1.165) is 6.54 Å². The normalized spacial score (nSPS) is 24.6. The van der Waals surface area contributed by atoms with Crippen LogP contribution in [0.25, 0.3) is 0 Å². The highest BCUT2D eigenvalue weighted by molar-refractivity contribution is 5.53. The van der Waals surface area contributed by atoms with Crippen molar-refractivity contribution in [3.05, 3.63) is 29.3 Å². The van der Waals surface area contributed by atoms with E-state index >= 15 is 0 Å². The minimum Gasteiger partial charge on any atom is -0.382 e. The lowest BCUT2D eigenvalue weighted by molar-refractivity contribution is 0.332. The Hall–Kier alpha value is -1.02. The van der Waals surface area contributed by atoms with Crippen LogP contribution < -0.4 is 11.1 Å². The second-order valence-corrected chi connectivity index (χ2v) is 5.35. The Bertz CT molecular complexity index is 373. The molecule has 0 spiro atoms. The molecule has 94 valence electrons. The van der Waals surface area contributed by atoms with Gasteiger partial charge in [-0.25, -0.2) is 0 Å². The van der Waals surface area contributed by atoms with E-state index in [9.17, 15) is 0 Å². The van der Waals surface area contributed by atoms with Gasteiger partial charge in [0.05, 0.1) is 0 Å². The summed E-state index contributed by atoms with van der Waals surface area (Å²) in [6.07, 6.45) is 5.21. The summed E-state index contributed by atoms with van der Waals surface area (Å²) in [6, 6.07) is 7.17. The second-order valence-electron chi connectivity index (χ2n) is 5.35. The van der Waals surface area contributed by atoms with Gasteiger partial charge >= 0.3 is 0 Å². The number of anilines is 1. The van der Waals surface area contributed by atoms with Crippen molar-refractivity contribution in [3.8, 4) is 0 Å². The molecule has 2 unspecified atom stereocenters. The Morgan fingerprint density at radius 2 is 2.00 bits per heavy atom. The van der Waals surface area contributed by atoms with Crippen LogP contribution in [0.2, 0.25) is 0 Å². The monoisotopic (exact) mass is 232 g/mol. The van der Waals surface area contributed by atoms with Crippen molar-refractivity contribution in [2.45, 2.75) is 45.6 Å². The maximum atomic E-state index is 5.88. The summed E-state index contributed by atoms with van der Waals surface area (Å²) in [4.78, 5) is 0. The molecule has 0 heterocycles. The summed E-state index contributed by atoms with van der Waals surface area (Å²) in [6.45, 7) is 5.12.